The van der Waals surface area contributed by atoms with Crippen LogP contribution in [0.2, 0.25) is 0 Å². The standard InChI is InChI=1S/C20H22N4O2/c1-26-18-8-6-16(7-9-18)15-22-20(25)24-12-10-23(11-13-24)19-5-3-2-4-17(19)14-21/h2-9H,10-13,15H2,1H3,(H,22,25). The Hall–Kier alpha value is -3.20. The molecule has 0 atom stereocenters. The van der Waals surface area contributed by atoms with E-state index in [1.807, 2.05) is 53.4 Å². The molecule has 0 aliphatic carbocycles. The van der Waals surface area contributed by atoms with Crippen molar-refractivity contribution in [1.29, 1.82) is 5.26 Å². The molecule has 26 heavy (non-hydrogen) atoms. The van der Waals surface area contributed by atoms with E-state index in [4.69, 9.17) is 4.74 Å². The van der Waals surface area contributed by atoms with Gasteiger partial charge in [-0.3, -0.25) is 0 Å². The summed E-state index contributed by atoms with van der Waals surface area (Å²) in [5, 5.41) is 12.2. The van der Waals surface area contributed by atoms with Crippen LogP contribution in [-0.4, -0.2) is 44.2 Å². The average molecular weight is 350 g/mol. The minimum absolute atomic E-state index is 0.0611. The topological polar surface area (TPSA) is 68.6 Å². The van der Waals surface area contributed by atoms with Gasteiger partial charge in [0.15, 0.2) is 0 Å². The lowest BCUT2D eigenvalue weighted by Crippen LogP contribution is -2.51. The predicted octanol–water partition coefficient (Wildman–Crippen LogP) is 2.60. The van der Waals surface area contributed by atoms with E-state index in [-0.39, 0.29) is 6.03 Å². The molecule has 1 aliphatic heterocycles. The van der Waals surface area contributed by atoms with Crippen molar-refractivity contribution in [1.82, 2.24) is 10.2 Å². The summed E-state index contributed by atoms with van der Waals surface area (Å²) in [6.45, 7) is 3.19. The highest BCUT2D eigenvalue weighted by Gasteiger charge is 2.22. The molecule has 1 aliphatic rings. The summed E-state index contributed by atoms with van der Waals surface area (Å²) in [5.74, 6) is 0.800. The van der Waals surface area contributed by atoms with Crippen LogP contribution in [-0.2, 0) is 6.54 Å². The van der Waals surface area contributed by atoms with Crippen LogP contribution in [0.15, 0.2) is 48.5 Å². The van der Waals surface area contributed by atoms with Gasteiger partial charge in [0.25, 0.3) is 0 Å². The number of amides is 2. The first kappa shape index (κ1) is 17.6. The first-order valence-electron chi connectivity index (χ1n) is 8.61. The number of carbonyl (C=O) groups is 1. The molecule has 2 aromatic rings. The lowest BCUT2D eigenvalue weighted by molar-refractivity contribution is 0.194. The summed E-state index contributed by atoms with van der Waals surface area (Å²) in [6, 6.07) is 17.4. The molecule has 2 aromatic carbocycles. The minimum atomic E-state index is -0.0611. The van der Waals surface area contributed by atoms with Crippen molar-refractivity contribution in [2.75, 3.05) is 38.2 Å². The highest BCUT2D eigenvalue weighted by atomic mass is 16.5. The van der Waals surface area contributed by atoms with Crippen LogP contribution in [0.3, 0.4) is 0 Å². The van der Waals surface area contributed by atoms with E-state index in [9.17, 15) is 10.1 Å². The number of methoxy groups -OCH3 is 1. The Morgan fingerprint density at radius 1 is 1.12 bits per heavy atom. The predicted molar refractivity (Wildman–Crippen MR) is 100 cm³/mol. The van der Waals surface area contributed by atoms with E-state index >= 15 is 0 Å². The highest BCUT2D eigenvalue weighted by molar-refractivity contribution is 5.74. The van der Waals surface area contributed by atoms with Crippen LogP contribution < -0.4 is 15.0 Å². The maximum atomic E-state index is 12.4. The van der Waals surface area contributed by atoms with Gasteiger partial charge in [0.2, 0.25) is 0 Å². The molecule has 0 aromatic heterocycles. The fourth-order valence-corrected chi connectivity index (χ4v) is 3.03. The first-order valence-corrected chi connectivity index (χ1v) is 8.61. The number of benzene rings is 2. The summed E-state index contributed by atoms with van der Waals surface area (Å²) in [7, 11) is 1.63. The number of urea groups is 1. The fraction of sp³-hybridized carbons (Fsp3) is 0.300. The van der Waals surface area contributed by atoms with Crippen molar-refractivity contribution >= 4 is 11.7 Å². The molecule has 3 rings (SSSR count). The van der Waals surface area contributed by atoms with Crippen LogP contribution in [0.25, 0.3) is 0 Å². The van der Waals surface area contributed by atoms with E-state index in [0.717, 1.165) is 17.0 Å². The monoisotopic (exact) mass is 350 g/mol. The second kappa shape index (κ2) is 8.26. The molecular weight excluding hydrogens is 328 g/mol. The molecule has 1 fully saturated rings. The van der Waals surface area contributed by atoms with Crippen molar-refractivity contribution in [2.45, 2.75) is 6.54 Å². The Kier molecular flexibility index (Phi) is 5.59. The van der Waals surface area contributed by atoms with Crippen LogP contribution in [0.5, 0.6) is 5.75 Å². The first-order chi connectivity index (χ1) is 12.7. The SMILES string of the molecule is COc1ccc(CNC(=O)N2CCN(c3ccccc3C#N)CC2)cc1. The molecule has 0 radical (unpaired) electrons. The zero-order valence-corrected chi connectivity index (χ0v) is 14.8. The van der Waals surface area contributed by atoms with Gasteiger partial charge in [-0.25, -0.2) is 4.79 Å². The summed E-state index contributed by atoms with van der Waals surface area (Å²) in [4.78, 5) is 16.4. The van der Waals surface area contributed by atoms with Gasteiger partial charge < -0.3 is 19.9 Å². The third-order valence-electron chi connectivity index (χ3n) is 4.53. The smallest absolute Gasteiger partial charge is 0.317 e. The van der Waals surface area contributed by atoms with Crippen molar-refractivity contribution in [2.24, 2.45) is 0 Å². The van der Waals surface area contributed by atoms with Gasteiger partial charge in [-0.1, -0.05) is 24.3 Å². The number of ether oxygens (including phenoxy) is 1. The van der Waals surface area contributed by atoms with Gasteiger partial charge in [0.1, 0.15) is 11.8 Å². The number of nitriles is 1. The highest BCUT2D eigenvalue weighted by Crippen LogP contribution is 2.21. The molecule has 6 nitrogen and oxygen atoms in total. The molecular formula is C20H22N4O2. The largest absolute Gasteiger partial charge is 0.497 e. The Morgan fingerprint density at radius 3 is 2.46 bits per heavy atom. The van der Waals surface area contributed by atoms with Crippen molar-refractivity contribution in [3.05, 3.63) is 59.7 Å². The normalized spacial score (nSPS) is 13.8. The molecule has 0 unspecified atom stereocenters. The van der Waals surface area contributed by atoms with Gasteiger partial charge in [-0.2, -0.15) is 5.26 Å². The van der Waals surface area contributed by atoms with E-state index < -0.39 is 0 Å². The number of piperazine rings is 1. The van der Waals surface area contributed by atoms with Gasteiger partial charge >= 0.3 is 6.03 Å². The summed E-state index contributed by atoms with van der Waals surface area (Å²) in [5.41, 5.74) is 2.64. The molecule has 0 saturated carbocycles. The zero-order valence-electron chi connectivity index (χ0n) is 14.8. The van der Waals surface area contributed by atoms with E-state index in [1.54, 1.807) is 7.11 Å². The molecule has 1 heterocycles. The minimum Gasteiger partial charge on any atom is -0.497 e. The van der Waals surface area contributed by atoms with Crippen LogP contribution >= 0.6 is 0 Å². The number of hydrogen-bond acceptors (Lipinski definition) is 4. The summed E-state index contributed by atoms with van der Waals surface area (Å²) in [6.07, 6.45) is 0. The van der Waals surface area contributed by atoms with Crippen molar-refractivity contribution in [3.63, 3.8) is 0 Å². The zero-order chi connectivity index (χ0) is 18.4. The van der Waals surface area contributed by atoms with Crippen molar-refractivity contribution < 1.29 is 9.53 Å². The summed E-state index contributed by atoms with van der Waals surface area (Å²) >= 11 is 0. The Balaban J connectivity index is 1.51. The number of rotatable bonds is 4. The number of anilines is 1. The summed E-state index contributed by atoms with van der Waals surface area (Å²) < 4.78 is 5.13. The fourth-order valence-electron chi connectivity index (χ4n) is 3.03. The molecule has 2 amide bonds. The molecule has 1 N–H and O–H groups in total. The third kappa shape index (κ3) is 4.06. The lowest BCUT2D eigenvalue weighted by Gasteiger charge is -2.36. The molecule has 134 valence electrons. The number of nitrogens with one attached hydrogen (secondary N) is 1. The quantitative estimate of drug-likeness (QED) is 0.920. The second-order valence-corrected chi connectivity index (χ2v) is 6.11. The molecule has 6 heteroatoms. The van der Waals surface area contributed by atoms with E-state index in [0.29, 0.717) is 38.3 Å². The Bertz CT molecular complexity index is 790. The number of para-hydroxylation sites is 1. The molecule has 1 saturated heterocycles. The third-order valence-corrected chi connectivity index (χ3v) is 4.53. The molecule has 0 bridgehead atoms. The number of nitrogens with zero attached hydrogens (tertiary/aromatic N) is 3. The van der Waals surface area contributed by atoms with Gasteiger partial charge in [0, 0.05) is 32.7 Å². The second-order valence-electron chi connectivity index (χ2n) is 6.11. The Morgan fingerprint density at radius 2 is 1.81 bits per heavy atom. The molecule has 0 spiro atoms. The number of carbonyl (C=O) groups excluding carboxylic acids is 1. The van der Waals surface area contributed by atoms with Gasteiger partial charge in [0.05, 0.1) is 18.4 Å². The van der Waals surface area contributed by atoms with Crippen LogP contribution in [0, 0.1) is 11.3 Å². The van der Waals surface area contributed by atoms with Gasteiger partial charge in [-0.05, 0) is 29.8 Å². The lowest BCUT2D eigenvalue weighted by atomic mass is 10.1. The van der Waals surface area contributed by atoms with Gasteiger partial charge in [-0.15, -0.1) is 0 Å². The maximum absolute atomic E-state index is 12.4. The van der Waals surface area contributed by atoms with Crippen LogP contribution in [0.1, 0.15) is 11.1 Å². The number of hydrogen-bond donors (Lipinski definition) is 1. The van der Waals surface area contributed by atoms with E-state index in [2.05, 4.69) is 16.3 Å². The van der Waals surface area contributed by atoms with Crippen LogP contribution in [0.4, 0.5) is 10.5 Å². The van der Waals surface area contributed by atoms with Crippen molar-refractivity contribution in [3.8, 4) is 11.8 Å². The maximum Gasteiger partial charge on any atom is 0.317 e. The van der Waals surface area contributed by atoms with E-state index in [1.165, 1.54) is 0 Å². The Labute approximate surface area is 153 Å². The average Bonchev–Trinajstić information content (AvgIpc) is 2.72.